The fraction of sp³-hybridized carbons (Fsp3) is 0.500. The fourth-order valence-corrected chi connectivity index (χ4v) is 2.30. The maximum atomic E-state index is 10.6. The molecule has 0 aliphatic carbocycles. The van der Waals surface area contributed by atoms with Crippen LogP contribution in [0.25, 0.3) is 0 Å². The van der Waals surface area contributed by atoms with Gasteiger partial charge in [-0.2, -0.15) is 5.26 Å². The van der Waals surface area contributed by atoms with E-state index in [0.29, 0.717) is 12.2 Å². The van der Waals surface area contributed by atoms with Crippen LogP contribution in [-0.4, -0.2) is 18.3 Å². The second-order valence-corrected chi connectivity index (χ2v) is 4.75. The van der Waals surface area contributed by atoms with Crippen LogP contribution in [0.15, 0.2) is 24.3 Å². The van der Waals surface area contributed by atoms with Gasteiger partial charge in [-0.1, -0.05) is 12.1 Å². The summed E-state index contributed by atoms with van der Waals surface area (Å²) in [5, 5.41) is 19.4. The smallest absolute Gasteiger partial charge is 0.0991 e. The maximum Gasteiger partial charge on any atom is 0.0991 e. The van der Waals surface area contributed by atoms with Crippen LogP contribution in [-0.2, 0) is 10.3 Å². The fourth-order valence-electron chi connectivity index (χ4n) is 2.30. The Morgan fingerprint density at radius 2 is 2.12 bits per heavy atom. The summed E-state index contributed by atoms with van der Waals surface area (Å²) in [6.07, 6.45) is 1.98. The number of rotatable bonds is 2. The van der Waals surface area contributed by atoms with E-state index < -0.39 is 5.60 Å². The maximum absolute atomic E-state index is 10.6. The summed E-state index contributed by atoms with van der Waals surface area (Å²) < 4.78 is 5.42. The van der Waals surface area contributed by atoms with Gasteiger partial charge in [0.15, 0.2) is 0 Å². The molecule has 90 valence electrons. The Morgan fingerprint density at radius 1 is 1.41 bits per heavy atom. The van der Waals surface area contributed by atoms with Crippen molar-refractivity contribution in [3.63, 3.8) is 0 Å². The van der Waals surface area contributed by atoms with Crippen LogP contribution in [0, 0.1) is 17.2 Å². The molecule has 1 N–H and O–H groups in total. The Labute approximate surface area is 102 Å². The topological polar surface area (TPSA) is 53.2 Å². The summed E-state index contributed by atoms with van der Waals surface area (Å²) in [6, 6.07) is 9.22. The van der Waals surface area contributed by atoms with Gasteiger partial charge in [-0.05, 0) is 37.5 Å². The summed E-state index contributed by atoms with van der Waals surface area (Å²) in [7, 11) is 0. The summed E-state index contributed by atoms with van der Waals surface area (Å²) in [6.45, 7) is 3.22. The first-order valence-electron chi connectivity index (χ1n) is 5.95. The average molecular weight is 231 g/mol. The van der Waals surface area contributed by atoms with Crippen molar-refractivity contribution in [2.75, 3.05) is 13.2 Å². The SMILES string of the molecule is CC(O)(c1ccc(C#N)cc1)C1CCCOC1. The van der Waals surface area contributed by atoms with Gasteiger partial charge in [0.05, 0.1) is 23.8 Å². The largest absolute Gasteiger partial charge is 0.385 e. The standard InChI is InChI=1S/C14H17NO2/c1-14(16,13-3-2-8-17-10-13)12-6-4-11(9-15)5-7-12/h4-7,13,16H,2-3,8,10H2,1H3. The molecule has 17 heavy (non-hydrogen) atoms. The molecule has 0 bridgehead atoms. The van der Waals surface area contributed by atoms with Crippen molar-refractivity contribution in [3.05, 3.63) is 35.4 Å². The first-order valence-corrected chi connectivity index (χ1v) is 5.95. The van der Waals surface area contributed by atoms with Gasteiger partial charge in [-0.15, -0.1) is 0 Å². The summed E-state index contributed by atoms with van der Waals surface area (Å²) in [5.41, 5.74) is 0.588. The lowest BCUT2D eigenvalue weighted by molar-refractivity contribution is -0.0723. The van der Waals surface area contributed by atoms with Crippen molar-refractivity contribution in [2.24, 2.45) is 5.92 Å². The molecule has 1 aliphatic rings. The second-order valence-electron chi connectivity index (χ2n) is 4.75. The molecule has 2 unspecified atom stereocenters. The molecule has 1 fully saturated rings. The minimum atomic E-state index is -0.881. The van der Waals surface area contributed by atoms with E-state index in [1.807, 2.05) is 19.1 Å². The van der Waals surface area contributed by atoms with Crippen molar-refractivity contribution in [3.8, 4) is 6.07 Å². The van der Waals surface area contributed by atoms with Crippen LogP contribution in [0.4, 0.5) is 0 Å². The number of hydrogen-bond donors (Lipinski definition) is 1. The molecule has 0 amide bonds. The third-order valence-corrected chi connectivity index (χ3v) is 3.55. The van der Waals surface area contributed by atoms with Crippen LogP contribution in [0.1, 0.15) is 30.9 Å². The zero-order valence-corrected chi connectivity index (χ0v) is 10.0. The predicted molar refractivity (Wildman–Crippen MR) is 64.3 cm³/mol. The van der Waals surface area contributed by atoms with E-state index in [2.05, 4.69) is 6.07 Å². The molecule has 1 aliphatic heterocycles. The first-order chi connectivity index (χ1) is 8.14. The number of hydrogen-bond acceptors (Lipinski definition) is 3. The van der Waals surface area contributed by atoms with Gasteiger partial charge in [0.1, 0.15) is 0 Å². The number of aliphatic hydroxyl groups is 1. The second kappa shape index (κ2) is 4.87. The van der Waals surface area contributed by atoms with Crippen molar-refractivity contribution in [2.45, 2.75) is 25.4 Å². The summed E-state index contributed by atoms with van der Waals surface area (Å²) >= 11 is 0. The molecule has 3 heteroatoms. The van der Waals surface area contributed by atoms with E-state index in [1.54, 1.807) is 12.1 Å². The van der Waals surface area contributed by atoms with Gasteiger partial charge in [0.25, 0.3) is 0 Å². The van der Waals surface area contributed by atoms with Crippen LogP contribution < -0.4 is 0 Å². The average Bonchev–Trinajstić information content (AvgIpc) is 2.40. The van der Waals surface area contributed by atoms with Gasteiger partial charge in [0, 0.05) is 12.5 Å². The Morgan fingerprint density at radius 3 is 2.65 bits per heavy atom. The molecular weight excluding hydrogens is 214 g/mol. The third kappa shape index (κ3) is 2.49. The number of nitrogens with zero attached hydrogens (tertiary/aromatic N) is 1. The van der Waals surface area contributed by atoms with Gasteiger partial charge < -0.3 is 9.84 Å². The first kappa shape index (κ1) is 12.1. The van der Waals surface area contributed by atoms with Crippen molar-refractivity contribution < 1.29 is 9.84 Å². The van der Waals surface area contributed by atoms with Gasteiger partial charge >= 0.3 is 0 Å². The normalized spacial score (nSPS) is 23.7. The van der Waals surface area contributed by atoms with Gasteiger partial charge in [-0.25, -0.2) is 0 Å². The molecule has 0 aromatic heterocycles. The number of nitriles is 1. The molecule has 0 radical (unpaired) electrons. The molecule has 0 spiro atoms. The van der Waals surface area contributed by atoms with Crippen LogP contribution >= 0.6 is 0 Å². The zero-order chi connectivity index (χ0) is 12.3. The monoisotopic (exact) mass is 231 g/mol. The van der Waals surface area contributed by atoms with Crippen molar-refractivity contribution in [1.29, 1.82) is 5.26 Å². The van der Waals surface area contributed by atoms with Crippen molar-refractivity contribution >= 4 is 0 Å². The predicted octanol–water partition coefficient (Wildman–Crippen LogP) is 2.19. The van der Waals surface area contributed by atoms with Crippen LogP contribution in [0.5, 0.6) is 0 Å². The Bertz CT molecular complexity index is 411. The minimum Gasteiger partial charge on any atom is -0.385 e. The molecule has 1 saturated heterocycles. The molecular formula is C14H17NO2. The van der Waals surface area contributed by atoms with Gasteiger partial charge in [-0.3, -0.25) is 0 Å². The zero-order valence-electron chi connectivity index (χ0n) is 10.0. The van der Waals surface area contributed by atoms with Gasteiger partial charge in [0.2, 0.25) is 0 Å². The lowest BCUT2D eigenvalue weighted by Crippen LogP contribution is -2.37. The molecule has 1 aromatic carbocycles. The molecule has 2 rings (SSSR count). The summed E-state index contributed by atoms with van der Waals surface area (Å²) in [5.74, 6) is 0.129. The Hall–Kier alpha value is -1.37. The number of ether oxygens (including phenoxy) is 1. The van der Waals surface area contributed by atoms with E-state index in [0.717, 1.165) is 25.0 Å². The van der Waals surface area contributed by atoms with Crippen LogP contribution in [0.2, 0.25) is 0 Å². The molecule has 1 heterocycles. The molecule has 1 aromatic rings. The van der Waals surface area contributed by atoms with E-state index >= 15 is 0 Å². The lowest BCUT2D eigenvalue weighted by atomic mass is 9.80. The van der Waals surface area contributed by atoms with Crippen molar-refractivity contribution in [1.82, 2.24) is 0 Å². The Kier molecular flexibility index (Phi) is 3.46. The van der Waals surface area contributed by atoms with E-state index in [1.165, 1.54) is 0 Å². The quantitative estimate of drug-likeness (QED) is 0.848. The highest BCUT2D eigenvalue weighted by molar-refractivity contribution is 5.34. The van der Waals surface area contributed by atoms with Crippen LogP contribution in [0.3, 0.4) is 0 Å². The summed E-state index contributed by atoms with van der Waals surface area (Å²) in [4.78, 5) is 0. The number of benzene rings is 1. The van der Waals surface area contributed by atoms with E-state index in [-0.39, 0.29) is 5.92 Å². The highest BCUT2D eigenvalue weighted by atomic mass is 16.5. The highest BCUT2D eigenvalue weighted by Crippen LogP contribution is 2.34. The Balaban J connectivity index is 2.20. The molecule has 3 nitrogen and oxygen atoms in total. The third-order valence-electron chi connectivity index (χ3n) is 3.55. The minimum absolute atomic E-state index is 0.129. The van der Waals surface area contributed by atoms with E-state index in [4.69, 9.17) is 10.00 Å². The lowest BCUT2D eigenvalue weighted by Gasteiger charge is -2.35. The highest BCUT2D eigenvalue weighted by Gasteiger charge is 2.34. The molecule has 2 atom stereocenters. The van der Waals surface area contributed by atoms with E-state index in [9.17, 15) is 5.11 Å². The molecule has 0 saturated carbocycles.